The zero-order valence-corrected chi connectivity index (χ0v) is 10.3. The highest BCUT2D eigenvalue weighted by atomic mass is 35.5. The van der Waals surface area contributed by atoms with Crippen molar-refractivity contribution in [2.75, 3.05) is 12.3 Å². The molecule has 3 heteroatoms. The second kappa shape index (κ2) is 4.75. The first kappa shape index (κ1) is 12.2. The van der Waals surface area contributed by atoms with Crippen LogP contribution < -0.4 is 10.5 Å². The lowest BCUT2D eigenvalue weighted by Crippen LogP contribution is -2.11. The highest BCUT2D eigenvalue weighted by molar-refractivity contribution is 6.30. The van der Waals surface area contributed by atoms with Gasteiger partial charge in [0.05, 0.1) is 12.3 Å². The number of rotatable bonds is 3. The van der Waals surface area contributed by atoms with E-state index in [4.69, 9.17) is 22.1 Å². The molecule has 0 aliphatic carbocycles. The van der Waals surface area contributed by atoms with E-state index in [-0.39, 0.29) is 5.41 Å². The summed E-state index contributed by atoms with van der Waals surface area (Å²) in [5, 5.41) is 0.648. The molecule has 0 radical (unpaired) electrons. The summed E-state index contributed by atoms with van der Waals surface area (Å²) >= 11 is 5.85. The summed E-state index contributed by atoms with van der Waals surface area (Å²) in [4.78, 5) is 0. The van der Waals surface area contributed by atoms with Gasteiger partial charge in [-0.2, -0.15) is 0 Å². The Labute approximate surface area is 96.4 Å². The average Bonchev–Trinajstić information content (AvgIpc) is 2.09. The number of hydrogen-bond acceptors (Lipinski definition) is 2. The van der Waals surface area contributed by atoms with E-state index in [1.165, 1.54) is 0 Å². The second-order valence-electron chi connectivity index (χ2n) is 4.84. The van der Waals surface area contributed by atoms with Gasteiger partial charge in [-0.3, -0.25) is 0 Å². The minimum atomic E-state index is 0.271. The van der Waals surface area contributed by atoms with E-state index in [0.717, 1.165) is 6.42 Å². The van der Waals surface area contributed by atoms with Crippen LogP contribution in [0.5, 0.6) is 5.75 Å². The van der Waals surface area contributed by atoms with Gasteiger partial charge >= 0.3 is 0 Å². The molecule has 0 amide bonds. The third-order valence-electron chi connectivity index (χ3n) is 2.09. The van der Waals surface area contributed by atoms with Gasteiger partial charge in [-0.15, -0.1) is 0 Å². The van der Waals surface area contributed by atoms with Crippen LogP contribution in [-0.4, -0.2) is 6.61 Å². The summed E-state index contributed by atoms with van der Waals surface area (Å²) in [6, 6.07) is 5.27. The molecule has 0 fully saturated rings. The smallest absolute Gasteiger partial charge is 0.143 e. The Kier molecular flexibility index (Phi) is 3.86. The second-order valence-corrected chi connectivity index (χ2v) is 5.28. The Morgan fingerprint density at radius 1 is 1.33 bits per heavy atom. The van der Waals surface area contributed by atoms with Crippen molar-refractivity contribution in [2.45, 2.75) is 27.2 Å². The van der Waals surface area contributed by atoms with E-state index in [0.29, 0.717) is 23.1 Å². The van der Waals surface area contributed by atoms with Crippen LogP contribution in [-0.2, 0) is 0 Å². The van der Waals surface area contributed by atoms with Crippen LogP contribution in [0.2, 0.25) is 5.02 Å². The van der Waals surface area contributed by atoms with Crippen LogP contribution in [0.15, 0.2) is 18.2 Å². The fourth-order valence-corrected chi connectivity index (χ4v) is 1.26. The van der Waals surface area contributed by atoms with Gasteiger partial charge in [0.2, 0.25) is 0 Å². The molecule has 1 rings (SSSR count). The van der Waals surface area contributed by atoms with Crippen molar-refractivity contribution in [3.63, 3.8) is 0 Å². The van der Waals surface area contributed by atoms with Crippen molar-refractivity contribution in [3.8, 4) is 5.75 Å². The molecule has 0 aliphatic rings. The SMILES string of the molecule is CC(C)(C)CCOc1cc(Cl)ccc1N. The molecule has 0 aliphatic heterocycles. The number of benzene rings is 1. The van der Waals surface area contributed by atoms with E-state index in [1.807, 2.05) is 0 Å². The maximum absolute atomic E-state index is 5.85. The molecule has 0 saturated heterocycles. The van der Waals surface area contributed by atoms with Crippen LogP contribution >= 0.6 is 11.6 Å². The summed E-state index contributed by atoms with van der Waals surface area (Å²) in [6.45, 7) is 7.20. The molecule has 0 heterocycles. The molecule has 1 aromatic carbocycles. The lowest BCUT2D eigenvalue weighted by Gasteiger charge is -2.18. The number of nitrogens with two attached hydrogens (primary N) is 1. The molecule has 0 unspecified atom stereocenters. The van der Waals surface area contributed by atoms with E-state index in [1.54, 1.807) is 18.2 Å². The molecule has 1 aromatic rings. The van der Waals surface area contributed by atoms with Crippen LogP contribution in [0.3, 0.4) is 0 Å². The molecule has 0 bridgehead atoms. The minimum Gasteiger partial charge on any atom is -0.491 e. The lowest BCUT2D eigenvalue weighted by atomic mass is 9.93. The molecule has 0 atom stereocenters. The van der Waals surface area contributed by atoms with E-state index in [2.05, 4.69) is 20.8 Å². The Morgan fingerprint density at radius 2 is 2.00 bits per heavy atom. The standard InChI is InChI=1S/C12H18ClNO/c1-12(2,3)6-7-15-11-8-9(13)4-5-10(11)14/h4-5,8H,6-7,14H2,1-3H3. The number of hydrogen-bond donors (Lipinski definition) is 1. The summed E-state index contributed by atoms with van der Waals surface area (Å²) in [6.07, 6.45) is 0.985. The van der Waals surface area contributed by atoms with Gasteiger partial charge in [0, 0.05) is 11.1 Å². The molecule has 2 N–H and O–H groups in total. The zero-order valence-electron chi connectivity index (χ0n) is 9.51. The van der Waals surface area contributed by atoms with Gasteiger partial charge in [-0.05, 0) is 24.0 Å². The van der Waals surface area contributed by atoms with Crippen molar-refractivity contribution in [1.82, 2.24) is 0 Å². The van der Waals surface area contributed by atoms with Gasteiger partial charge in [-0.1, -0.05) is 32.4 Å². The molecule has 2 nitrogen and oxygen atoms in total. The number of ether oxygens (including phenoxy) is 1. The third-order valence-corrected chi connectivity index (χ3v) is 2.32. The van der Waals surface area contributed by atoms with Crippen LogP contribution in [0, 0.1) is 5.41 Å². The first-order chi connectivity index (χ1) is 6.88. The fraction of sp³-hybridized carbons (Fsp3) is 0.500. The van der Waals surface area contributed by atoms with E-state index < -0.39 is 0 Å². The quantitative estimate of drug-likeness (QED) is 0.799. The van der Waals surface area contributed by atoms with Crippen LogP contribution in [0.1, 0.15) is 27.2 Å². The van der Waals surface area contributed by atoms with Gasteiger partial charge in [0.1, 0.15) is 5.75 Å². The molecular formula is C12H18ClNO. The highest BCUT2D eigenvalue weighted by Crippen LogP contribution is 2.26. The Hall–Kier alpha value is -0.890. The van der Waals surface area contributed by atoms with Crippen molar-refractivity contribution in [1.29, 1.82) is 0 Å². The number of anilines is 1. The Bertz CT molecular complexity index is 331. The van der Waals surface area contributed by atoms with Gasteiger partial charge < -0.3 is 10.5 Å². The summed E-state index contributed by atoms with van der Waals surface area (Å²) in [5.41, 5.74) is 6.66. The van der Waals surface area contributed by atoms with Crippen molar-refractivity contribution in [2.24, 2.45) is 5.41 Å². The maximum Gasteiger partial charge on any atom is 0.143 e. The molecule has 15 heavy (non-hydrogen) atoms. The molecule has 84 valence electrons. The monoisotopic (exact) mass is 227 g/mol. The van der Waals surface area contributed by atoms with Crippen LogP contribution in [0.25, 0.3) is 0 Å². The Balaban J connectivity index is 2.54. The topological polar surface area (TPSA) is 35.2 Å². The average molecular weight is 228 g/mol. The Morgan fingerprint density at radius 3 is 2.60 bits per heavy atom. The predicted molar refractivity (Wildman–Crippen MR) is 65.4 cm³/mol. The van der Waals surface area contributed by atoms with E-state index >= 15 is 0 Å². The van der Waals surface area contributed by atoms with Gasteiger partial charge in [-0.25, -0.2) is 0 Å². The molecule has 0 saturated carbocycles. The van der Waals surface area contributed by atoms with Crippen molar-refractivity contribution in [3.05, 3.63) is 23.2 Å². The summed E-state index contributed by atoms with van der Waals surface area (Å²) in [5.74, 6) is 0.673. The number of halogens is 1. The first-order valence-corrected chi connectivity index (χ1v) is 5.44. The highest BCUT2D eigenvalue weighted by Gasteiger charge is 2.10. The fourth-order valence-electron chi connectivity index (χ4n) is 1.10. The van der Waals surface area contributed by atoms with Gasteiger partial charge in [0.25, 0.3) is 0 Å². The first-order valence-electron chi connectivity index (χ1n) is 5.06. The third kappa shape index (κ3) is 4.43. The number of nitrogen functional groups attached to an aromatic ring is 1. The van der Waals surface area contributed by atoms with Crippen LogP contribution in [0.4, 0.5) is 5.69 Å². The minimum absolute atomic E-state index is 0.271. The molecule has 0 spiro atoms. The summed E-state index contributed by atoms with van der Waals surface area (Å²) < 4.78 is 5.58. The normalized spacial score (nSPS) is 11.5. The van der Waals surface area contributed by atoms with E-state index in [9.17, 15) is 0 Å². The molecule has 0 aromatic heterocycles. The largest absolute Gasteiger partial charge is 0.491 e. The predicted octanol–water partition coefficient (Wildman–Crippen LogP) is 3.74. The van der Waals surface area contributed by atoms with Gasteiger partial charge in [0.15, 0.2) is 0 Å². The summed E-state index contributed by atoms with van der Waals surface area (Å²) in [7, 11) is 0. The lowest BCUT2D eigenvalue weighted by molar-refractivity contribution is 0.244. The zero-order chi connectivity index (χ0) is 11.5. The van der Waals surface area contributed by atoms with Crippen molar-refractivity contribution >= 4 is 17.3 Å². The maximum atomic E-state index is 5.85. The van der Waals surface area contributed by atoms with Crippen molar-refractivity contribution < 1.29 is 4.74 Å². The molecular weight excluding hydrogens is 210 g/mol.